The lowest BCUT2D eigenvalue weighted by Gasteiger charge is -2.48. The summed E-state index contributed by atoms with van der Waals surface area (Å²) in [5.74, 6) is 0.975. The van der Waals surface area contributed by atoms with Crippen molar-refractivity contribution in [2.45, 2.75) is 50.5 Å². The maximum absolute atomic E-state index is 12.8. The minimum absolute atomic E-state index is 0.124. The molecule has 2 saturated heterocycles. The normalized spacial score (nSPS) is 34.4. The Labute approximate surface area is 131 Å². The van der Waals surface area contributed by atoms with Gasteiger partial charge in [0.1, 0.15) is 0 Å². The Kier molecular flexibility index (Phi) is 3.44. The van der Waals surface area contributed by atoms with Gasteiger partial charge in [-0.15, -0.1) is 0 Å². The standard InChI is InChI=1S/C17H26N2O3/c20-15(21)8-17(5-1-6-17)19-10-13-4-7-18(9-12-2-3-12)16(22)14(13)11-19/h12-14H,1-11H2,(H,20,21). The van der Waals surface area contributed by atoms with Gasteiger partial charge in [0, 0.05) is 31.7 Å². The molecule has 0 aromatic rings. The minimum atomic E-state index is -0.698. The van der Waals surface area contributed by atoms with Crippen LogP contribution in [-0.4, -0.2) is 58.5 Å². The van der Waals surface area contributed by atoms with Crippen molar-refractivity contribution in [3.8, 4) is 0 Å². The van der Waals surface area contributed by atoms with Crippen LogP contribution in [0.1, 0.15) is 44.9 Å². The maximum atomic E-state index is 12.8. The number of carboxylic acids is 1. The SMILES string of the molecule is O=C(O)CC1(N2CC3CCN(CC4CC4)C(=O)C3C2)CCC1. The lowest BCUT2D eigenvalue weighted by atomic mass is 9.73. The van der Waals surface area contributed by atoms with Gasteiger partial charge in [0.15, 0.2) is 0 Å². The molecule has 4 rings (SSSR count). The van der Waals surface area contributed by atoms with Crippen molar-refractivity contribution in [2.75, 3.05) is 26.2 Å². The van der Waals surface area contributed by atoms with Gasteiger partial charge in [-0.2, -0.15) is 0 Å². The van der Waals surface area contributed by atoms with Gasteiger partial charge >= 0.3 is 5.97 Å². The van der Waals surface area contributed by atoms with E-state index < -0.39 is 5.97 Å². The zero-order chi connectivity index (χ0) is 15.3. The summed E-state index contributed by atoms with van der Waals surface area (Å²) < 4.78 is 0. The molecule has 4 fully saturated rings. The highest BCUT2D eigenvalue weighted by Crippen LogP contribution is 2.46. The average molecular weight is 306 g/mol. The lowest BCUT2D eigenvalue weighted by molar-refractivity contribution is -0.142. The molecule has 5 nitrogen and oxygen atoms in total. The topological polar surface area (TPSA) is 60.9 Å². The molecular formula is C17H26N2O3. The number of carboxylic acid groups (broad SMARTS) is 1. The van der Waals surface area contributed by atoms with Crippen molar-refractivity contribution in [3.63, 3.8) is 0 Å². The summed E-state index contributed by atoms with van der Waals surface area (Å²) in [6, 6.07) is 0. The predicted octanol–water partition coefficient (Wildman–Crippen LogP) is 1.57. The molecule has 2 heterocycles. The van der Waals surface area contributed by atoms with Crippen molar-refractivity contribution in [1.29, 1.82) is 0 Å². The summed E-state index contributed by atoms with van der Waals surface area (Å²) in [4.78, 5) is 28.4. The average Bonchev–Trinajstić information content (AvgIpc) is 3.13. The lowest BCUT2D eigenvalue weighted by Crippen LogP contribution is -2.54. The van der Waals surface area contributed by atoms with Crippen LogP contribution >= 0.6 is 0 Å². The molecule has 0 spiro atoms. The Hall–Kier alpha value is -1.10. The zero-order valence-electron chi connectivity index (χ0n) is 13.2. The highest BCUT2D eigenvalue weighted by molar-refractivity contribution is 5.80. The van der Waals surface area contributed by atoms with Gasteiger partial charge < -0.3 is 10.0 Å². The molecule has 2 aliphatic carbocycles. The van der Waals surface area contributed by atoms with Gasteiger partial charge in [0.25, 0.3) is 0 Å². The molecule has 1 amide bonds. The van der Waals surface area contributed by atoms with Gasteiger partial charge in [-0.3, -0.25) is 14.5 Å². The number of hydrogen-bond donors (Lipinski definition) is 1. The van der Waals surface area contributed by atoms with Crippen LogP contribution in [-0.2, 0) is 9.59 Å². The third-order valence-electron chi connectivity index (χ3n) is 6.45. The minimum Gasteiger partial charge on any atom is -0.481 e. The van der Waals surface area contributed by atoms with E-state index in [1.807, 2.05) is 0 Å². The van der Waals surface area contributed by atoms with Crippen LogP contribution < -0.4 is 0 Å². The van der Waals surface area contributed by atoms with E-state index in [4.69, 9.17) is 0 Å². The Morgan fingerprint density at radius 2 is 2.00 bits per heavy atom. The Bertz CT molecular complexity index is 484. The van der Waals surface area contributed by atoms with Crippen molar-refractivity contribution in [2.24, 2.45) is 17.8 Å². The highest BCUT2D eigenvalue weighted by atomic mass is 16.4. The number of amides is 1. The number of fused-ring (bicyclic) bond motifs is 1. The van der Waals surface area contributed by atoms with E-state index >= 15 is 0 Å². The van der Waals surface area contributed by atoms with E-state index in [2.05, 4.69) is 9.80 Å². The summed E-state index contributed by atoms with van der Waals surface area (Å²) in [6.45, 7) is 3.59. The van der Waals surface area contributed by atoms with Gasteiger partial charge in [-0.05, 0) is 50.4 Å². The van der Waals surface area contributed by atoms with E-state index in [1.54, 1.807) is 0 Å². The van der Waals surface area contributed by atoms with E-state index in [0.29, 0.717) is 11.8 Å². The number of likely N-dealkylation sites (tertiary alicyclic amines) is 2. The molecule has 2 aliphatic heterocycles. The van der Waals surface area contributed by atoms with Crippen LogP contribution in [0.25, 0.3) is 0 Å². The summed E-state index contributed by atoms with van der Waals surface area (Å²) in [5.41, 5.74) is -0.148. The van der Waals surface area contributed by atoms with E-state index in [1.165, 1.54) is 12.8 Å². The first-order chi connectivity index (χ1) is 10.6. The number of nitrogens with zero attached hydrogens (tertiary/aromatic N) is 2. The monoisotopic (exact) mass is 306 g/mol. The summed E-state index contributed by atoms with van der Waals surface area (Å²) in [5, 5.41) is 9.23. The summed E-state index contributed by atoms with van der Waals surface area (Å²) >= 11 is 0. The van der Waals surface area contributed by atoms with Crippen LogP contribution in [0.4, 0.5) is 0 Å². The van der Waals surface area contributed by atoms with Gasteiger partial charge in [-0.1, -0.05) is 0 Å². The molecule has 0 bridgehead atoms. The number of aliphatic carboxylic acids is 1. The van der Waals surface area contributed by atoms with E-state index in [9.17, 15) is 14.7 Å². The fraction of sp³-hybridized carbons (Fsp3) is 0.882. The van der Waals surface area contributed by atoms with Crippen LogP contribution in [0.15, 0.2) is 0 Å². The predicted molar refractivity (Wildman–Crippen MR) is 81.3 cm³/mol. The first kappa shape index (κ1) is 14.5. The summed E-state index contributed by atoms with van der Waals surface area (Å²) in [6.07, 6.45) is 7.00. The largest absolute Gasteiger partial charge is 0.481 e. The third kappa shape index (κ3) is 2.43. The van der Waals surface area contributed by atoms with E-state index in [-0.39, 0.29) is 17.9 Å². The van der Waals surface area contributed by atoms with Crippen LogP contribution in [0.3, 0.4) is 0 Å². The van der Waals surface area contributed by atoms with Gasteiger partial charge in [-0.25, -0.2) is 0 Å². The third-order valence-corrected chi connectivity index (χ3v) is 6.45. The number of carbonyl (C=O) groups is 2. The number of rotatable bonds is 5. The second-order valence-electron chi connectivity index (χ2n) is 7.94. The number of piperidine rings is 1. The molecule has 0 radical (unpaired) electrons. The zero-order valence-corrected chi connectivity index (χ0v) is 13.2. The molecule has 1 N–H and O–H groups in total. The fourth-order valence-electron chi connectivity index (χ4n) is 4.76. The van der Waals surface area contributed by atoms with Crippen LogP contribution in [0.5, 0.6) is 0 Å². The van der Waals surface area contributed by atoms with Crippen molar-refractivity contribution < 1.29 is 14.7 Å². The number of carbonyl (C=O) groups excluding carboxylic acids is 1. The van der Waals surface area contributed by atoms with Crippen LogP contribution in [0, 0.1) is 17.8 Å². The Morgan fingerprint density at radius 3 is 2.59 bits per heavy atom. The van der Waals surface area contributed by atoms with Crippen molar-refractivity contribution in [3.05, 3.63) is 0 Å². The first-order valence-corrected chi connectivity index (χ1v) is 8.83. The molecule has 122 valence electrons. The Morgan fingerprint density at radius 1 is 1.23 bits per heavy atom. The maximum Gasteiger partial charge on any atom is 0.305 e. The smallest absolute Gasteiger partial charge is 0.305 e. The van der Waals surface area contributed by atoms with Gasteiger partial charge in [0.2, 0.25) is 5.91 Å². The van der Waals surface area contributed by atoms with Crippen molar-refractivity contribution in [1.82, 2.24) is 9.80 Å². The van der Waals surface area contributed by atoms with Gasteiger partial charge in [0.05, 0.1) is 12.3 Å². The quantitative estimate of drug-likeness (QED) is 0.837. The van der Waals surface area contributed by atoms with E-state index in [0.717, 1.165) is 57.8 Å². The second-order valence-corrected chi connectivity index (χ2v) is 7.94. The molecule has 4 aliphatic rings. The molecule has 0 aromatic heterocycles. The number of hydrogen-bond acceptors (Lipinski definition) is 3. The first-order valence-electron chi connectivity index (χ1n) is 8.83. The van der Waals surface area contributed by atoms with Crippen LogP contribution in [0.2, 0.25) is 0 Å². The molecule has 22 heavy (non-hydrogen) atoms. The van der Waals surface area contributed by atoms with Crippen molar-refractivity contribution >= 4 is 11.9 Å². The molecular weight excluding hydrogens is 280 g/mol. The molecule has 0 aromatic carbocycles. The highest BCUT2D eigenvalue weighted by Gasteiger charge is 2.52. The molecule has 2 unspecified atom stereocenters. The Balaban J connectivity index is 1.44. The second kappa shape index (κ2) is 5.22. The summed E-state index contributed by atoms with van der Waals surface area (Å²) in [7, 11) is 0. The molecule has 5 heteroatoms. The fourth-order valence-corrected chi connectivity index (χ4v) is 4.76. The molecule has 2 saturated carbocycles. The molecule has 2 atom stereocenters.